The number of amides is 2. The normalized spacial score (nSPS) is 11.7. The molecule has 2 unspecified atom stereocenters. The Hall–Kier alpha value is -0.930. The number of quaternary nitrogens is 2. The van der Waals surface area contributed by atoms with E-state index in [2.05, 4.69) is 42.5 Å². The molecule has 0 fully saturated rings. The molecule has 2 amide bonds. The molecule has 47 heavy (non-hydrogen) atoms. The average Bonchev–Trinajstić information content (AvgIpc) is 3.01. The summed E-state index contributed by atoms with van der Waals surface area (Å²) < 4.78 is 0. The van der Waals surface area contributed by atoms with Gasteiger partial charge in [-0.25, -0.2) is 0 Å². The van der Waals surface area contributed by atoms with Gasteiger partial charge in [0.25, 0.3) is 11.8 Å². The number of nitrogens with zero attached hydrogens (tertiary/aromatic N) is 1. The smallest absolute Gasteiger partial charge is 0.282 e. The van der Waals surface area contributed by atoms with Crippen LogP contribution in [0.15, 0.2) is 12.4 Å². The minimum absolute atomic E-state index is 0. The van der Waals surface area contributed by atoms with Gasteiger partial charge in [0.2, 0.25) is 0 Å². The molecule has 0 aliphatic carbocycles. The molecule has 0 saturated carbocycles. The van der Waals surface area contributed by atoms with E-state index in [1.807, 2.05) is 4.90 Å². The lowest BCUT2D eigenvalue weighted by atomic mass is 10.0. The van der Waals surface area contributed by atoms with Crippen molar-refractivity contribution in [3.05, 3.63) is 12.4 Å². The molecule has 0 rings (SSSR count). The Balaban J connectivity index is -0.00000308. The zero-order valence-corrected chi connectivity index (χ0v) is 32.8. The molecule has 0 heterocycles. The zero-order chi connectivity index (χ0) is 32.7. The van der Waals surface area contributed by atoms with Crippen LogP contribution in [0.5, 0.6) is 0 Å². The summed E-state index contributed by atoms with van der Waals surface area (Å²) in [4.78, 5) is 28.0. The second-order valence-corrected chi connectivity index (χ2v) is 13.1. The van der Waals surface area contributed by atoms with Crippen molar-refractivity contribution in [3.63, 3.8) is 0 Å². The van der Waals surface area contributed by atoms with Gasteiger partial charge in [0.1, 0.15) is 0 Å². The van der Waals surface area contributed by atoms with E-state index in [-0.39, 0.29) is 61.6 Å². The quantitative estimate of drug-likeness (QED) is 0.0449. The van der Waals surface area contributed by atoms with Crippen molar-refractivity contribution in [2.75, 3.05) is 26.2 Å². The van der Waals surface area contributed by atoms with Gasteiger partial charge in [-0.05, 0) is 19.3 Å². The Morgan fingerprint density at radius 2 is 0.957 bits per heavy atom. The molecule has 0 spiro atoms. The Morgan fingerprint density at radius 1 is 0.596 bits per heavy atom. The highest BCUT2D eigenvalue weighted by atomic mass is 35.5. The van der Waals surface area contributed by atoms with Gasteiger partial charge in [-0.1, -0.05) is 149 Å². The molecule has 0 bridgehead atoms. The van der Waals surface area contributed by atoms with Crippen molar-refractivity contribution in [1.82, 2.24) is 15.5 Å². The first kappa shape index (κ1) is 52.9. The molecule has 10 N–H and O–H groups in total. The van der Waals surface area contributed by atoms with E-state index in [0.717, 1.165) is 32.4 Å². The summed E-state index contributed by atoms with van der Waals surface area (Å²) in [5, 5.41) is 5.88. The predicted octanol–water partition coefficient (Wildman–Crippen LogP) is -3.41. The van der Waals surface area contributed by atoms with Gasteiger partial charge >= 0.3 is 0 Å². The lowest BCUT2D eigenvalue weighted by molar-refractivity contribution is -0.408. The second-order valence-electron chi connectivity index (χ2n) is 13.1. The Kier molecular flexibility index (Phi) is 44.4. The van der Waals surface area contributed by atoms with Crippen molar-refractivity contribution in [2.45, 2.75) is 180 Å². The lowest BCUT2D eigenvalue weighted by Crippen LogP contribution is -3.00. The fourth-order valence-corrected chi connectivity index (χ4v) is 5.71. The van der Waals surface area contributed by atoms with Crippen LogP contribution in [-0.2, 0) is 9.59 Å². The lowest BCUT2D eigenvalue weighted by Gasteiger charge is -2.25. The van der Waals surface area contributed by atoms with E-state index < -0.39 is 6.04 Å². The topological polar surface area (TPSA) is 143 Å². The van der Waals surface area contributed by atoms with E-state index in [4.69, 9.17) is 5.73 Å². The number of nitrogens with two attached hydrogens (primary N) is 1. The van der Waals surface area contributed by atoms with E-state index >= 15 is 0 Å². The Morgan fingerprint density at radius 3 is 1.32 bits per heavy atom. The summed E-state index contributed by atoms with van der Waals surface area (Å²) in [5.74, 6) is 0.370. The highest BCUT2D eigenvalue weighted by molar-refractivity contribution is 5.83. The van der Waals surface area contributed by atoms with Crippen LogP contribution in [0.4, 0.5) is 0 Å². The molecule has 0 saturated heterocycles. The molecule has 0 aromatic carbocycles. The molecular formula is C36H76Cl3N6O2-. The standard InChI is InChI=1S/C36H74N6O2.3ClH/c1-4-6-8-10-12-14-16-17-19-21-23-25-30-42(29-24-22-20-18-15-13-11-9-7-5-2)36(44)34(39)31-41-35(43)33(38)27-26-28-40-32(3)37;;;/h33-34,40H,3-31,37-39H2,1-2H3,(H,41,43);3*1H/p-1. The van der Waals surface area contributed by atoms with Gasteiger partial charge in [0.15, 0.2) is 12.1 Å². The molecule has 0 radical (unpaired) electrons. The summed E-state index contributed by atoms with van der Waals surface area (Å²) in [6, 6.07) is -0.845. The van der Waals surface area contributed by atoms with Crippen LogP contribution in [0.1, 0.15) is 168 Å². The van der Waals surface area contributed by atoms with Gasteiger partial charge < -0.3 is 70.0 Å². The van der Waals surface area contributed by atoms with Crippen LogP contribution in [0, 0.1) is 0 Å². The van der Waals surface area contributed by atoms with Crippen molar-refractivity contribution in [3.8, 4) is 0 Å². The van der Waals surface area contributed by atoms with Crippen molar-refractivity contribution < 1.29 is 58.3 Å². The maximum absolute atomic E-state index is 13.4. The average molecular weight is 731 g/mol. The maximum atomic E-state index is 13.4. The molecule has 0 aromatic rings. The molecule has 284 valence electrons. The van der Waals surface area contributed by atoms with Crippen molar-refractivity contribution in [2.24, 2.45) is 5.73 Å². The number of carbonyl (C=O) groups excluding carboxylic acids is 2. The first-order valence-electron chi connectivity index (χ1n) is 18.7. The van der Waals surface area contributed by atoms with Crippen LogP contribution in [-0.4, -0.2) is 55.0 Å². The number of hydrogen-bond acceptors (Lipinski definition) is 4. The van der Waals surface area contributed by atoms with E-state index in [1.165, 1.54) is 128 Å². The zero-order valence-electron chi connectivity index (χ0n) is 30.5. The molecule has 0 aliphatic rings. The van der Waals surface area contributed by atoms with E-state index in [1.54, 1.807) is 0 Å². The third-order valence-electron chi connectivity index (χ3n) is 8.70. The minimum Gasteiger partial charge on any atom is -1.00 e. The van der Waals surface area contributed by atoms with Gasteiger partial charge in [-0.2, -0.15) is 0 Å². The largest absolute Gasteiger partial charge is 1.00 e. The molecule has 8 nitrogen and oxygen atoms in total. The van der Waals surface area contributed by atoms with Gasteiger partial charge in [0, 0.05) is 26.1 Å². The summed E-state index contributed by atoms with van der Waals surface area (Å²) in [6.45, 7) is 10.7. The number of unbranched alkanes of at least 4 members (excludes halogenated alkanes) is 20. The fraction of sp³-hybridized carbons (Fsp3) is 0.889. The highest BCUT2D eigenvalue weighted by Gasteiger charge is 2.26. The minimum atomic E-state index is -0.478. The van der Waals surface area contributed by atoms with Crippen LogP contribution in [0.2, 0.25) is 0 Å². The number of rotatable bonds is 33. The summed E-state index contributed by atoms with van der Waals surface area (Å²) in [6.07, 6.45) is 30.0. The Bertz CT molecular complexity index is 706. The third kappa shape index (κ3) is 34.7. The molecule has 0 aliphatic heterocycles. The molecule has 2 atom stereocenters. The first-order chi connectivity index (χ1) is 21.3. The van der Waals surface area contributed by atoms with Crippen LogP contribution in [0.3, 0.4) is 0 Å². The van der Waals surface area contributed by atoms with Gasteiger partial charge in [0.05, 0.1) is 12.4 Å². The summed E-state index contributed by atoms with van der Waals surface area (Å²) in [7, 11) is 0. The monoisotopic (exact) mass is 730 g/mol. The van der Waals surface area contributed by atoms with Gasteiger partial charge in [-0.3, -0.25) is 9.59 Å². The number of carbonyl (C=O) groups is 2. The fourth-order valence-electron chi connectivity index (χ4n) is 5.71. The van der Waals surface area contributed by atoms with E-state index in [9.17, 15) is 9.59 Å². The SMILES string of the molecule is C=C(N)NCCCC([NH3+])C(=O)NCC([NH3+])C(=O)N(CCCCCCCCCCCC)CCCCCCCCCCCCCC.[Cl-].[Cl-].[Cl-]. The number of halogens is 3. The molecular weight excluding hydrogens is 655 g/mol. The first-order valence-corrected chi connectivity index (χ1v) is 18.7. The maximum Gasteiger partial charge on any atom is 0.282 e. The summed E-state index contributed by atoms with van der Waals surface area (Å²) in [5.41, 5.74) is 13.6. The highest BCUT2D eigenvalue weighted by Crippen LogP contribution is 2.14. The van der Waals surface area contributed by atoms with Gasteiger partial charge in [-0.15, -0.1) is 0 Å². The third-order valence-corrected chi connectivity index (χ3v) is 8.70. The van der Waals surface area contributed by atoms with Crippen molar-refractivity contribution in [1.29, 1.82) is 0 Å². The van der Waals surface area contributed by atoms with Crippen LogP contribution in [0.25, 0.3) is 0 Å². The molecule has 0 aromatic heterocycles. The van der Waals surface area contributed by atoms with E-state index in [0.29, 0.717) is 18.8 Å². The second kappa shape index (κ2) is 39.5. The van der Waals surface area contributed by atoms with Crippen LogP contribution >= 0.6 is 0 Å². The molecule has 11 heteroatoms. The Labute approximate surface area is 308 Å². The predicted molar refractivity (Wildman–Crippen MR) is 186 cm³/mol. The van der Waals surface area contributed by atoms with Crippen molar-refractivity contribution >= 4 is 11.8 Å². The number of nitrogens with one attached hydrogen (secondary N) is 2. The summed E-state index contributed by atoms with van der Waals surface area (Å²) >= 11 is 0. The van der Waals surface area contributed by atoms with Crippen LogP contribution < -0.4 is 65.1 Å². The number of hydrogen-bond donors (Lipinski definition) is 5.